The van der Waals surface area contributed by atoms with Crippen molar-refractivity contribution in [2.24, 2.45) is 166 Å². The molecule has 16 aliphatic rings. The number of hydrogen-bond donors (Lipinski definition) is 0. The Bertz CT molecular complexity index is 2450. The van der Waals surface area contributed by atoms with Gasteiger partial charge in [-0.05, 0) is 306 Å². The molecule has 0 nitrogen and oxygen atoms in total. The van der Waals surface area contributed by atoms with E-state index in [0.29, 0.717) is 0 Å². The summed E-state index contributed by atoms with van der Waals surface area (Å²) in [4.78, 5) is 0.874. The molecular formula is C115H213BrCl8Zr4. The van der Waals surface area contributed by atoms with Gasteiger partial charge in [0.05, 0.1) is 0 Å². The number of benzene rings is 1. The Kier molecular flexibility index (Phi) is 88.9. The topological polar surface area (TPSA) is 0 Å². The van der Waals surface area contributed by atoms with E-state index in [1.165, 1.54) is 256 Å². The van der Waals surface area contributed by atoms with Gasteiger partial charge in [-0.2, -0.15) is 0 Å². The molecule has 0 heterocycles. The van der Waals surface area contributed by atoms with Crippen molar-refractivity contribution in [2.45, 2.75) is 473 Å². The monoisotopic (exact) mass is 2310 g/mol. The van der Waals surface area contributed by atoms with E-state index in [-0.39, 0.29) is 59.4 Å². The summed E-state index contributed by atoms with van der Waals surface area (Å²) >= 11 is 0.728. The predicted octanol–water partition coefficient (Wildman–Crippen LogP) is 44.3. The van der Waals surface area contributed by atoms with Crippen LogP contribution in [0.15, 0.2) is 30.3 Å². The van der Waals surface area contributed by atoms with Gasteiger partial charge in [-0.15, -0.1) is 0 Å². The first-order valence-electron chi connectivity index (χ1n) is 52.8. The fourth-order valence-electron chi connectivity index (χ4n) is 30.2. The number of halogens is 9. The van der Waals surface area contributed by atoms with E-state index in [0.717, 1.165) is 176 Å². The van der Waals surface area contributed by atoms with Crippen molar-refractivity contribution in [3.05, 3.63) is 95.3 Å². The van der Waals surface area contributed by atoms with Crippen LogP contribution in [-0.4, -0.2) is 4.83 Å². The van der Waals surface area contributed by atoms with Crippen molar-refractivity contribution >= 4 is 84.0 Å². The van der Waals surface area contributed by atoms with E-state index in [9.17, 15) is 0 Å². The van der Waals surface area contributed by atoms with Crippen LogP contribution in [0, 0.1) is 225 Å². The molecule has 0 amide bonds. The van der Waals surface area contributed by atoms with E-state index in [2.05, 4.69) is 129 Å². The summed E-state index contributed by atoms with van der Waals surface area (Å²) in [7, 11) is 39.5. The van der Waals surface area contributed by atoms with Gasteiger partial charge in [-0.25, -0.2) is 0 Å². The second kappa shape index (κ2) is 82.7. The quantitative estimate of drug-likeness (QED) is 0.0617. The van der Waals surface area contributed by atoms with Crippen LogP contribution in [0.1, 0.15) is 473 Å². The summed E-state index contributed by atoms with van der Waals surface area (Å²) in [5.74, 6) is 31.4. The number of fused-ring (bicyclic) bond motifs is 8. The zero-order valence-corrected chi connectivity index (χ0v) is 105. The van der Waals surface area contributed by atoms with Crippen molar-refractivity contribution in [3.63, 3.8) is 0 Å². The van der Waals surface area contributed by atoms with Gasteiger partial charge in [0, 0.05) is 4.83 Å². The molecular weight excluding hydrogens is 2110 g/mol. The Labute approximate surface area is 890 Å². The van der Waals surface area contributed by atoms with Gasteiger partial charge >= 0.3 is 151 Å². The fraction of sp³-hybridized carbons (Fsp3) is 0.878. The summed E-state index contributed by atoms with van der Waals surface area (Å²) in [6.45, 7) is 28.8. The third kappa shape index (κ3) is 50.1. The van der Waals surface area contributed by atoms with Gasteiger partial charge in [0.25, 0.3) is 0 Å². The fourth-order valence-corrected chi connectivity index (χ4v) is 31.6. The number of rotatable bonds is 22. The molecule has 0 aliphatic heterocycles. The molecule has 17 rings (SSSR count). The van der Waals surface area contributed by atoms with Gasteiger partial charge < -0.3 is 59.4 Å². The van der Waals surface area contributed by atoms with Crippen LogP contribution in [0.2, 0.25) is 0 Å². The van der Waals surface area contributed by atoms with Crippen LogP contribution in [0.25, 0.3) is 0 Å². The Balaban J connectivity index is -0.00000137. The second-order valence-electron chi connectivity index (χ2n) is 44.2. The molecule has 752 valence electrons. The zero-order chi connectivity index (χ0) is 87.0. The molecule has 16 fully saturated rings. The number of hydrogen-bond acceptors (Lipinski definition) is 0. The molecule has 13 heteroatoms. The van der Waals surface area contributed by atoms with Gasteiger partial charge in [-0.1, -0.05) is 380 Å². The summed E-state index contributed by atoms with van der Waals surface area (Å²) in [5.41, 5.74) is 1.51. The summed E-state index contributed by atoms with van der Waals surface area (Å²) in [5, 5.41) is 0. The normalized spacial score (nSPS) is 33.9. The Morgan fingerprint density at radius 2 is 0.586 bits per heavy atom. The minimum atomic E-state index is -0.826. The summed E-state index contributed by atoms with van der Waals surface area (Å²) < 4.78 is 0. The number of alkyl halides is 1. The first-order valence-corrected chi connectivity index (χ1v) is 79.1. The minimum absolute atomic E-state index is 0. The Morgan fingerprint density at radius 3 is 0.953 bits per heavy atom. The predicted molar refractivity (Wildman–Crippen MR) is 578 cm³/mol. The van der Waals surface area contributed by atoms with E-state index in [4.69, 9.17) is 68.1 Å². The molecule has 1 aromatic rings. The third-order valence-corrected chi connectivity index (χ3v) is 36.9. The molecule has 1 aromatic carbocycles. The van der Waals surface area contributed by atoms with Gasteiger partial charge in [0.1, 0.15) is 0 Å². The van der Waals surface area contributed by atoms with E-state index < -0.39 is 83.4 Å². The maximum atomic E-state index is 4.93. The molecule has 0 saturated heterocycles. The van der Waals surface area contributed by atoms with Gasteiger partial charge in [0.2, 0.25) is 0 Å². The molecule has 0 radical (unpaired) electrons. The molecule has 16 saturated carbocycles. The van der Waals surface area contributed by atoms with Crippen molar-refractivity contribution in [3.8, 4) is 0 Å². The van der Waals surface area contributed by atoms with Gasteiger partial charge in [0.15, 0.2) is 0 Å². The van der Waals surface area contributed by atoms with Crippen molar-refractivity contribution in [1.82, 2.24) is 0 Å². The second-order valence-corrected chi connectivity index (χ2v) is 60.2. The van der Waals surface area contributed by atoms with Crippen LogP contribution in [-0.2, 0) is 83.4 Å². The molecule has 128 heavy (non-hydrogen) atoms. The molecule has 27 atom stereocenters. The zero-order valence-electron chi connectivity index (χ0n) is 87.8. The first-order chi connectivity index (χ1) is 58.3. The number of unbranched alkanes of at least 4 members (excludes halogenated alkanes) is 9. The molecule has 16 aliphatic carbocycles. The van der Waals surface area contributed by atoms with E-state index in [1.807, 2.05) is 0 Å². The van der Waals surface area contributed by atoms with Crippen molar-refractivity contribution in [1.29, 1.82) is 0 Å². The maximum absolute atomic E-state index is 4.93. The molecule has 0 aromatic heterocycles. The molecule has 0 spiro atoms. The Hall–Kier alpha value is 5.55. The first kappa shape index (κ1) is 138. The summed E-state index contributed by atoms with van der Waals surface area (Å²) in [6, 6.07) is 10.9. The molecule has 0 N–H and O–H groups in total. The summed E-state index contributed by atoms with van der Waals surface area (Å²) in [6.07, 6.45) is 89.4. The Morgan fingerprint density at radius 1 is 0.273 bits per heavy atom. The van der Waals surface area contributed by atoms with Crippen LogP contribution in [0.5, 0.6) is 0 Å². The third-order valence-electron chi connectivity index (χ3n) is 35.6. The SMILES string of the molecule is CC(CC1CCCC1)c1ccccc1.CC1CC2CC3CCCC3C(Br)C2C1.CC1CC2CC3CCCC3C(C)C2C1.CCCCC1CCC(C)C1.CCCCC1CCCC1.CCCCC1CCCC1.CCCCCCC1C2CCCC2CC2CC(C)CC21.CCCCCCC1C2CCCC2CC2CC(C)CC21.[CH3-].[CH3-].[CH3-].[CH3-].[CH3-].[CH3-].[CH3-].[CH3-].[Cl][Zr+2][Cl].[Cl][Zr+2][Cl].[Cl][Zr+2][Cl].[Cl][Zr+2][Cl]. The average molecular weight is 2320 g/mol. The van der Waals surface area contributed by atoms with Crippen LogP contribution in [0.3, 0.4) is 0 Å². The standard InChI is InChI=1S/2C19H34.C14H24.C14H20.C13H21Br.C10H20.2C9H18.8CH3.8ClH.4Zr/c2*1-3-4-5-6-9-18-17-10-7-8-15(17)13-16-11-14(2)12-19(16)18;1-9-6-12-8-11-4-3-5-13(11)10(2)14(12)7-9;1-12(11-13-7-5-6-8-13)14-9-3-2-4-10-14;1-8-5-10-7-9-3-2-4-11(9)13(14)12(10)6-8;1-3-4-5-10-7-6-9(2)8-10;2*1-2-3-6-9-7-4-5-8-9;;;;;;;;;;;;;;;;;;;;/h2*14-19H,3-13H2,1-2H3;9-14H,3-8H2,1-2H3;2-4,9-10,12-13H,5-8,11H2,1H3;8-13H,2-7H2,1H3;9-10H,3-8H2,1-2H3;2*9H,2-8H2,1H3;8*1H3;8*1H;;;;/q;;;;;;;;8*-1;;;;;;;;;4*+4/p-8. The van der Waals surface area contributed by atoms with Crippen LogP contribution < -0.4 is 0 Å². The average Bonchev–Trinajstić information content (AvgIpc) is 1.41. The molecule has 0 bridgehead atoms. The van der Waals surface area contributed by atoms with E-state index in [1.54, 1.807) is 128 Å². The molecule has 27 unspecified atom stereocenters. The van der Waals surface area contributed by atoms with Crippen molar-refractivity contribution < 1.29 is 83.4 Å². The van der Waals surface area contributed by atoms with Crippen LogP contribution >= 0.6 is 84.0 Å². The van der Waals surface area contributed by atoms with Crippen molar-refractivity contribution in [2.75, 3.05) is 0 Å². The van der Waals surface area contributed by atoms with E-state index >= 15 is 0 Å². The van der Waals surface area contributed by atoms with Crippen LogP contribution in [0.4, 0.5) is 0 Å². The van der Waals surface area contributed by atoms with Gasteiger partial charge in [-0.3, -0.25) is 0 Å².